The molecule has 0 radical (unpaired) electrons. The highest BCUT2D eigenvalue weighted by Gasteiger charge is 2.48. The summed E-state index contributed by atoms with van der Waals surface area (Å²) < 4.78 is 10.1. The van der Waals surface area contributed by atoms with Gasteiger partial charge in [-0.2, -0.15) is 0 Å². The van der Waals surface area contributed by atoms with Crippen molar-refractivity contribution >= 4 is 18.0 Å². The van der Waals surface area contributed by atoms with E-state index in [0.717, 1.165) is 29.7 Å². The van der Waals surface area contributed by atoms with Crippen LogP contribution >= 0.6 is 0 Å². The second-order valence-corrected chi connectivity index (χ2v) is 7.12. The zero-order chi connectivity index (χ0) is 19.4. The fraction of sp³-hybridized carbons (Fsp3) is 0.476. The van der Waals surface area contributed by atoms with Crippen molar-refractivity contribution in [3.05, 3.63) is 48.6 Å². The third-order valence-corrected chi connectivity index (χ3v) is 5.59. The van der Waals surface area contributed by atoms with Crippen LogP contribution in [-0.2, 0) is 25.5 Å². The zero-order valence-corrected chi connectivity index (χ0v) is 15.5. The Morgan fingerprint density at radius 2 is 2.07 bits per heavy atom. The lowest BCUT2D eigenvalue weighted by atomic mass is 9.82. The number of cyclic esters (lactones) is 1. The van der Waals surface area contributed by atoms with Gasteiger partial charge in [0.2, 0.25) is 5.91 Å². The van der Waals surface area contributed by atoms with Crippen LogP contribution in [0.5, 0.6) is 0 Å². The molecule has 2 fully saturated rings. The summed E-state index contributed by atoms with van der Waals surface area (Å²) in [6.07, 6.45) is 4.12. The van der Waals surface area contributed by atoms with E-state index < -0.39 is 29.9 Å². The Labute approximate surface area is 159 Å². The first kappa shape index (κ1) is 19.1. The standard InChI is InChI=1S/C21H25NO5/c1-3-15-10-7-11-17(15)18(20(24)26-2)19(23)22-16(13-27-21(22)25)12-14-8-5-4-6-9-14/h3-6,8-9,15-18H,1,7,10-13H2,2H3/t15-,16+,17-,18-/m1/s1. The van der Waals surface area contributed by atoms with Gasteiger partial charge in [0.25, 0.3) is 0 Å². The Kier molecular flexibility index (Phi) is 5.94. The van der Waals surface area contributed by atoms with Crippen molar-refractivity contribution in [3.63, 3.8) is 0 Å². The number of rotatable bonds is 6. The van der Waals surface area contributed by atoms with Crippen molar-refractivity contribution < 1.29 is 23.9 Å². The number of allylic oxidation sites excluding steroid dienone is 1. The highest BCUT2D eigenvalue weighted by atomic mass is 16.6. The van der Waals surface area contributed by atoms with E-state index in [2.05, 4.69) is 6.58 Å². The number of ether oxygens (including phenoxy) is 2. The van der Waals surface area contributed by atoms with E-state index in [1.54, 1.807) is 6.08 Å². The van der Waals surface area contributed by atoms with Crippen LogP contribution in [0.2, 0.25) is 0 Å². The van der Waals surface area contributed by atoms with Crippen molar-refractivity contribution in [1.29, 1.82) is 0 Å². The Morgan fingerprint density at radius 3 is 2.74 bits per heavy atom. The van der Waals surface area contributed by atoms with E-state index >= 15 is 0 Å². The SMILES string of the molecule is C=C[C@@H]1CCC[C@H]1[C@@H](C(=O)OC)C(=O)N1C(=O)OC[C@@H]1Cc1ccccc1. The summed E-state index contributed by atoms with van der Waals surface area (Å²) in [6, 6.07) is 9.17. The quantitative estimate of drug-likeness (QED) is 0.437. The molecule has 1 heterocycles. The van der Waals surface area contributed by atoms with Gasteiger partial charge in [-0.15, -0.1) is 6.58 Å². The molecular weight excluding hydrogens is 346 g/mol. The van der Waals surface area contributed by atoms with Crippen LogP contribution in [0.25, 0.3) is 0 Å². The van der Waals surface area contributed by atoms with Gasteiger partial charge in [-0.1, -0.05) is 42.8 Å². The fourth-order valence-electron chi connectivity index (χ4n) is 4.23. The predicted molar refractivity (Wildman–Crippen MR) is 98.7 cm³/mol. The van der Waals surface area contributed by atoms with E-state index in [-0.39, 0.29) is 18.4 Å². The molecule has 6 nitrogen and oxygen atoms in total. The minimum atomic E-state index is -1.01. The summed E-state index contributed by atoms with van der Waals surface area (Å²) in [5.41, 5.74) is 0.998. The van der Waals surface area contributed by atoms with Gasteiger partial charge in [0, 0.05) is 0 Å². The lowest BCUT2D eigenvalue weighted by Gasteiger charge is -2.29. The summed E-state index contributed by atoms with van der Waals surface area (Å²) in [4.78, 5) is 39.2. The number of benzene rings is 1. The van der Waals surface area contributed by atoms with Crippen molar-refractivity contribution in [2.75, 3.05) is 13.7 Å². The number of hydrogen-bond acceptors (Lipinski definition) is 5. The number of imide groups is 1. The number of methoxy groups -OCH3 is 1. The van der Waals surface area contributed by atoms with Gasteiger partial charge >= 0.3 is 12.1 Å². The van der Waals surface area contributed by atoms with Crippen LogP contribution < -0.4 is 0 Å². The van der Waals surface area contributed by atoms with Gasteiger partial charge in [0.05, 0.1) is 13.2 Å². The van der Waals surface area contributed by atoms with E-state index in [9.17, 15) is 14.4 Å². The zero-order valence-electron chi connectivity index (χ0n) is 15.5. The molecule has 27 heavy (non-hydrogen) atoms. The molecular formula is C21H25NO5. The summed E-state index contributed by atoms with van der Waals surface area (Å²) in [6.45, 7) is 3.96. The topological polar surface area (TPSA) is 72.9 Å². The highest BCUT2D eigenvalue weighted by molar-refractivity contribution is 6.04. The lowest BCUT2D eigenvalue weighted by molar-refractivity contribution is -0.155. The van der Waals surface area contributed by atoms with Crippen LogP contribution in [0, 0.1) is 17.8 Å². The molecule has 3 rings (SSSR count). The summed E-state index contributed by atoms with van der Waals surface area (Å²) in [5, 5.41) is 0. The number of amides is 2. The molecule has 2 amide bonds. The lowest BCUT2D eigenvalue weighted by Crippen LogP contribution is -2.48. The molecule has 0 spiro atoms. The van der Waals surface area contributed by atoms with Crippen LogP contribution in [0.15, 0.2) is 43.0 Å². The van der Waals surface area contributed by atoms with Gasteiger partial charge < -0.3 is 9.47 Å². The average Bonchev–Trinajstić information content (AvgIpc) is 3.29. The van der Waals surface area contributed by atoms with E-state index in [4.69, 9.17) is 9.47 Å². The van der Waals surface area contributed by atoms with Gasteiger partial charge in [-0.25, -0.2) is 9.69 Å². The Bertz CT molecular complexity index is 717. The fourth-order valence-corrected chi connectivity index (χ4v) is 4.23. The Hall–Kier alpha value is -2.63. The second-order valence-electron chi connectivity index (χ2n) is 7.12. The molecule has 1 aromatic carbocycles. The number of carbonyl (C=O) groups excluding carboxylic acids is 3. The predicted octanol–water partition coefficient (Wildman–Crippen LogP) is 2.97. The van der Waals surface area contributed by atoms with Crippen molar-refractivity contribution in [1.82, 2.24) is 4.90 Å². The van der Waals surface area contributed by atoms with Crippen molar-refractivity contribution in [2.24, 2.45) is 17.8 Å². The molecule has 1 saturated carbocycles. The van der Waals surface area contributed by atoms with Crippen LogP contribution in [0.1, 0.15) is 24.8 Å². The third kappa shape index (κ3) is 3.89. The molecule has 2 aliphatic rings. The molecule has 6 heteroatoms. The highest BCUT2D eigenvalue weighted by Crippen LogP contribution is 2.39. The average molecular weight is 371 g/mol. The summed E-state index contributed by atoms with van der Waals surface area (Å²) in [7, 11) is 1.27. The van der Waals surface area contributed by atoms with Crippen LogP contribution in [-0.4, -0.2) is 42.6 Å². The molecule has 0 bridgehead atoms. The number of hydrogen-bond donors (Lipinski definition) is 0. The first-order chi connectivity index (χ1) is 13.1. The first-order valence-corrected chi connectivity index (χ1v) is 9.31. The molecule has 1 aromatic rings. The normalized spacial score (nSPS) is 25.7. The molecule has 0 aromatic heterocycles. The molecule has 144 valence electrons. The Morgan fingerprint density at radius 1 is 1.33 bits per heavy atom. The maximum absolute atomic E-state index is 13.3. The smallest absolute Gasteiger partial charge is 0.417 e. The van der Waals surface area contributed by atoms with Crippen molar-refractivity contribution in [2.45, 2.75) is 31.7 Å². The van der Waals surface area contributed by atoms with E-state index in [1.165, 1.54) is 7.11 Å². The van der Waals surface area contributed by atoms with Gasteiger partial charge in [-0.3, -0.25) is 9.59 Å². The molecule has 1 aliphatic carbocycles. The van der Waals surface area contributed by atoms with E-state index in [1.807, 2.05) is 30.3 Å². The monoisotopic (exact) mass is 371 g/mol. The van der Waals surface area contributed by atoms with Gasteiger partial charge in [0.15, 0.2) is 0 Å². The molecule has 1 saturated heterocycles. The molecule has 0 unspecified atom stereocenters. The summed E-state index contributed by atoms with van der Waals surface area (Å²) in [5.74, 6) is -2.28. The number of carbonyl (C=O) groups is 3. The minimum absolute atomic E-state index is 0.0595. The van der Waals surface area contributed by atoms with Gasteiger partial charge in [0.1, 0.15) is 12.5 Å². The minimum Gasteiger partial charge on any atom is -0.468 e. The second kappa shape index (κ2) is 8.37. The van der Waals surface area contributed by atoms with Gasteiger partial charge in [-0.05, 0) is 36.7 Å². The number of nitrogens with zero attached hydrogens (tertiary/aromatic N) is 1. The van der Waals surface area contributed by atoms with E-state index in [0.29, 0.717) is 6.42 Å². The first-order valence-electron chi connectivity index (χ1n) is 9.31. The summed E-state index contributed by atoms with van der Waals surface area (Å²) >= 11 is 0. The molecule has 4 atom stereocenters. The largest absolute Gasteiger partial charge is 0.468 e. The van der Waals surface area contributed by atoms with Crippen LogP contribution in [0.3, 0.4) is 0 Å². The maximum atomic E-state index is 13.3. The Balaban J connectivity index is 1.85. The number of esters is 1. The van der Waals surface area contributed by atoms with Crippen molar-refractivity contribution in [3.8, 4) is 0 Å². The third-order valence-electron chi connectivity index (χ3n) is 5.59. The molecule has 0 N–H and O–H groups in total. The molecule has 1 aliphatic heterocycles. The maximum Gasteiger partial charge on any atom is 0.417 e. The van der Waals surface area contributed by atoms with Crippen LogP contribution in [0.4, 0.5) is 4.79 Å².